The molecule has 0 bridgehead atoms. The molecule has 1 atom stereocenters. The van der Waals surface area contributed by atoms with Crippen LogP contribution < -0.4 is 5.73 Å². The molecule has 31 heavy (non-hydrogen) atoms. The summed E-state index contributed by atoms with van der Waals surface area (Å²) in [6.07, 6.45) is 4.31. The second-order valence-electron chi connectivity index (χ2n) is 7.12. The standard InChI is InChI=1S/C21H19N7O3/c1-21(30,19-23-10-11-31-19)8-6-13-4-5-14-15(12-13)28(16-7-9-24-20(22)25-16)26-17(14)18(29)27(2)3/h4-5,7,9-12,30H,1-3H3,(H2,22,24,25). The first kappa shape index (κ1) is 20.1. The number of benzene rings is 1. The number of carbonyl (C=O) groups excluding carboxylic acids is 1. The fraction of sp³-hybridized carbons (Fsp3) is 0.190. The van der Waals surface area contributed by atoms with Crippen molar-refractivity contribution in [2.45, 2.75) is 12.5 Å². The third kappa shape index (κ3) is 3.82. The van der Waals surface area contributed by atoms with Crippen LogP contribution in [0, 0.1) is 11.8 Å². The van der Waals surface area contributed by atoms with Gasteiger partial charge in [0, 0.05) is 37.3 Å². The summed E-state index contributed by atoms with van der Waals surface area (Å²) >= 11 is 0. The van der Waals surface area contributed by atoms with E-state index in [9.17, 15) is 9.90 Å². The maximum absolute atomic E-state index is 12.7. The number of hydrogen-bond donors (Lipinski definition) is 2. The Labute approximate surface area is 177 Å². The molecule has 0 saturated heterocycles. The number of hydrogen-bond acceptors (Lipinski definition) is 8. The van der Waals surface area contributed by atoms with Crippen LogP contribution in [0.3, 0.4) is 0 Å². The Bertz CT molecular complexity index is 1330. The number of aliphatic hydroxyl groups is 1. The number of carbonyl (C=O) groups is 1. The zero-order chi connectivity index (χ0) is 22.2. The van der Waals surface area contributed by atoms with Gasteiger partial charge in [-0.1, -0.05) is 11.8 Å². The van der Waals surface area contributed by atoms with Crippen molar-refractivity contribution in [2.24, 2.45) is 0 Å². The molecule has 3 heterocycles. The highest BCUT2D eigenvalue weighted by Gasteiger charge is 2.25. The second-order valence-corrected chi connectivity index (χ2v) is 7.12. The van der Waals surface area contributed by atoms with Gasteiger partial charge in [-0.25, -0.2) is 14.6 Å². The van der Waals surface area contributed by atoms with E-state index in [0.717, 1.165) is 0 Å². The maximum Gasteiger partial charge on any atom is 0.274 e. The van der Waals surface area contributed by atoms with E-state index in [4.69, 9.17) is 10.2 Å². The minimum absolute atomic E-state index is 0.0829. The van der Waals surface area contributed by atoms with Gasteiger partial charge in [0.2, 0.25) is 11.8 Å². The highest BCUT2D eigenvalue weighted by atomic mass is 16.4. The third-order valence-corrected chi connectivity index (χ3v) is 4.47. The van der Waals surface area contributed by atoms with Gasteiger partial charge >= 0.3 is 0 Å². The lowest BCUT2D eigenvalue weighted by atomic mass is 10.1. The molecule has 0 spiro atoms. The van der Waals surface area contributed by atoms with Crippen molar-refractivity contribution >= 4 is 22.8 Å². The van der Waals surface area contributed by atoms with Crippen molar-refractivity contribution in [3.05, 3.63) is 60.1 Å². The van der Waals surface area contributed by atoms with Crippen LogP contribution in [-0.4, -0.2) is 54.7 Å². The van der Waals surface area contributed by atoms with Gasteiger partial charge in [0.25, 0.3) is 5.91 Å². The average Bonchev–Trinajstić information content (AvgIpc) is 3.40. The molecule has 1 aromatic carbocycles. The Balaban J connectivity index is 1.86. The molecule has 1 unspecified atom stereocenters. The van der Waals surface area contributed by atoms with E-state index < -0.39 is 5.60 Å². The number of oxazole rings is 1. The summed E-state index contributed by atoms with van der Waals surface area (Å²) in [6, 6.07) is 6.89. The van der Waals surface area contributed by atoms with E-state index in [1.807, 2.05) is 0 Å². The minimum atomic E-state index is -1.56. The minimum Gasteiger partial charge on any atom is -0.445 e. The molecular formula is C21H19N7O3. The van der Waals surface area contributed by atoms with Gasteiger partial charge in [-0.15, -0.1) is 0 Å². The first-order valence-corrected chi connectivity index (χ1v) is 9.25. The summed E-state index contributed by atoms with van der Waals surface area (Å²) in [5, 5.41) is 15.6. The second kappa shape index (κ2) is 7.55. The topological polar surface area (TPSA) is 136 Å². The van der Waals surface area contributed by atoms with E-state index in [1.165, 1.54) is 35.2 Å². The number of fused-ring (bicyclic) bond motifs is 1. The summed E-state index contributed by atoms with van der Waals surface area (Å²) in [5.74, 6) is 6.02. The summed E-state index contributed by atoms with van der Waals surface area (Å²) in [6.45, 7) is 1.49. The highest BCUT2D eigenvalue weighted by molar-refractivity contribution is 6.05. The van der Waals surface area contributed by atoms with E-state index in [0.29, 0.717) is 22.3 Å². The molecule has 0 fully saturated rings. The van der Waals surface area contributed by atoms with Crippen LogP contribution in [-0.2, 0) is 5.60 Å². The normalized spacial score (nSPS) is 12.8. The molecule has 3 aromatic heterocycles. The van der Waals surface area contributed by atoms with Crippen LogP contribution in [0.25, 0.3) is 16.7 Å². The Morgan fingerprint density at radius 1 is 1.26 bits per heavy atom. The van der Waals surface area contributed by atoms with E-state index in [2.05, 4.69) is 31.9 Å². The molecule has 0 aliphatic rings. The van der Waals surface area contributed by atoms with Crippen molar-refractivity contribution in [1.82, 2.24) is 29.6 Å². The van der Waals surface area contributed by atoms with Crippen molar-refractivity contribution in [3.63, 3.8) is 0 Å². The van der Waals surface area contributed by atoms with Crippen LogP contribution in [0.5, 0.6) is 0 Å². The van der Waals surface area contributed by atoms with Crippen LogP contribution in [0.1, 0.15) is 28.9 Å². The highest BCUT2D eigenvalue weighted by Crippen LogP contribution is 2.24. The van der Waals surface area contributed by atoms with Gasteiger partial charge < -0.3 is 20.2 Å². The number of rotatable bonds is 3. The van der Waals surface area contributed by atoms with Crippen molar-refractivity contribution in [3.8, 4) is 17.7 Å². The molecule has 4 rings (SSSR count). The molecule has 3 N–H and O–H groups in total. The summed E-state index contributed by atoms with van der Waals surface area (Å²) in [5.41, 5.74) is 5.62. The fourth-order valence-electron chi connectivity index (χ4n) is 2.93. The Morgan fingerprint density at radius 2 is 2.06 bits per heavy atom. The number of amides is 1. The zero-order valence-electron chi connectivity index (χ0n) is 17.1. The average molecular weight is 417 g/mol. The molecule has 156 valence electrons. The number of nitrogens with zero attached hydrogens (tertiary/aromatic N) is 6. The van der Waals surface area contributed by atoms with E-state index >= 15 is 0 Å². The molecule has 0 radical (unpaired) electrons. The summed E-state index contributed by atoms with van der Waals surface area (Å²) in [7, 11) is 3.31. The number of aromatic nitrogens is 5. The largest absolute Gasteiger partial charge is 0.445 e. The third-order valence-electron chi connectivity index (χ3n) is 4.47. The zero-order valence-corrected chi connectivity index (χ0v) is 17.1. The SMILES string of the molecule is CN(C)C(=O)c1nn(-c2ccnc(N)n2)c2cc(C#CC(C)(O)c3ncco3)ccc12. The number of nitrogen functional groups attached to an aromatic ring is 1. The van der Waals surface area contributed by atoms with Gasteiger partial charge in [0.1, 0.15) is 6.26 Å². The lowest BCUT2D eigenvalue weighted by Gasteiger charge is -2.10. The lowest BCUT2D eigenvalue weighted by Crippen LogP contribution is -2.22. The quantitative estimate of drug-likeness (QED) is 0.477. The molecular weight excluding hydrogens is 398 g/mol. The first-order chi connectivity index (χ1) is 14.8. The van der Waals surface area contributed by atoms with Gasteiger partial charge in [0.05, 0.1) is 11.7 Å². The van der Waals surface area contributed by atoms with Crippen LogP contribution in [0.4, 0.5) is 5.95 Å². The smallest absolute Gasteiger partial charge is 0.274 e. The molecule has 0 aliphatic carbocycles. The Kier molecular flexibility index (Phi) is 4.88. The number of nitrogens with two attached hydrogens (primary N) is 1. The molecule has 0 aliphatic heterocycles. The van der Waals surface area contributed by atoms with Crippen molar-refractivity contribution in [1.29, 1.82) is 0 Å². The molecule has 1 amide bonds. The maximum atomic E-state index is 12.7. The first-order valence-electron chi connectivity index (χ1n) is 9.25. The predicted octanol–water partition coefficient (Wildman–Crippen LogP) is 1.35. The summed E-state index contributed by atoms with van der Waals surface area (Å²) < 4.78 is 6.67. The van der Waals surface area contributed by atoms with E-state index in [-0.39, 0.29) is 23.4 Å². The van der Waals surface area contributed by atoms with Crippen LogP contribution >= 0.6 is 0 Å². The van der Waals surface area contributed by atoms with Crippen LogP contribution in [0.2, 0.25) is 0 Å². The summed E-state index contributed by atoms with van der Waals surface area (Å²) in [4.78, 5) is 26.2. The Hall–Kier alpha value is -4.23. The van der Waals surface area contributed by atoms with Gasteiger partial charge in [-0.05, 0) is 25.1 Å². The lowest BCUT2D eigenvalue weighted by molar-refractivity contribution is 0.0823. The van der Waals surface area contributed by atoms with Gasteiger partial charge in [-0.2, -0.15) is 10.1 Å². The molecule has 10 heteroatoms. The monoisotopic (exact) mass is 417 g/mol. The van der Waals surface area contributed by atoms with Crippen LogP contribution in [0.15, 0.2) is 47.3 Å². The van der Waals surface area contributed by atoms with Crippen molar-refractivity contribution in [2.75, 3.05) is 19.8 Å². The van der Waals surface area contributed by atoms with Gasteiger partial charge in [-0.3, -0.25) is 4.79 Å². The van der Waals surface area contributed by atoms with E-state index in [1.54, 1.807) is 38.4 Å². The predicted molar refractivity (Wildman–Crippen MR) is 112 cm³/mol. The fourth-order valence-corrected chi connectivity index (χ4v) is 2.93. The molecule has 0 saturated carbocycles. The molecule has 4 aromatic rings. The van der Waals surface area contributed by atoms with Gasteiger partial charge in [0.15, 0.2) is 17.1 Å². The number of anilines is 1. The van der Waals surface area contributed by atoms with Crippen molar-refractivity contribution < 1.29 is 14.3 Å². The molecule has 10 nitrogen and oxygen atoms in total. The Morgan fingerprint density at radius 3 is 2.74 bits per heavy atom.